The molecule has 6 heavy (non-hydrogen) atoms. The lowest BCUT2D eigenvalue weighted by atomic mass is 11.2. The summed E-state index contributed by atoms with van der Waals surface area (Å²) in [5.74, 6) is 0. The fourth-order valence-electron chi connectivity index (χ4n) is 0. The van der Waals surface area contributed by atoms with E-state index >= 15 is 0 Å². The van der Waals surface area contributed by atoms with Crippen molar-refractivity contribution in [2.75, 3.05) is 0 Å². The number of amides is 2. The summed E-state index contributed by atoms with van der Waals surface area (Å²) in [5, 5.41) is 0. The van der Waals surface area contributed by atoms with Crippen LogP contribution in [0.5, 0.6) is 0 Å². The second-order valence-electron chi connectivity index (χ2n) is 0.538. The standard InChI is InChI=1S/CH2Cl2N2O/c2-5(3)1(4)6/h(H2,4,6)/i/hD. The van der Waals surface area contributed by atoms with Crippen molar-refractivity contribution in [1.29, 1.82) is 0 Å². The zero-order valence-corrected chi connectivity index (χ0v) is 4.12. The average molecular weight is 130 g/mol. The summed E-state index contributed by atoms with van der Waals surface area (Å²) < 4.78 is 6.36. The number of nitrogens with two attached hydrogens (primary N) is 1. The quantitative estimate of drug-likeness (QED) is 0.481. The van der Waals surface area contributed by atoms with Crippen molar-refractivity contribution in [3.8, 4) is 0 Å². The van der Waals surface area contributed by atoms with E-state index in [9.17, 15) is 4.79 Å². The van der Waals surface area contributed by atoms with Crippen LogP contribution in [-0.2, 0) is 0 Å². The highest BCUT2D eigenvalue weighted by atomic mass is 35.5. The molecule has 0 aromatic heterocycles. The largest absolute Gasteiger partial charge is 0.349 e. The van der Waals surface area contributed by atoms with Gasteiger partial charge in [-0.2, -0.15) is 0 Å². The van der Waals surface area contributed by atoms with Crippen molar-refractivity contribution >= 4 is 29.6 Å². The number of hydrogen-bond acceptors (Lipinski definition) is 1. The fraction of sp³-hybridized carbons (Fsp3) is 0. The molecule has 0 aliphatic rings. The van der Waals surface area contributed by atoms with Crippen molar-refractivity contribution in [3.63, 3.8) is 0 Å². The first kappa shape index (κ1) is 4.02. The van der Waals surface area contributed by atoms with Gasteiger partial charge in [0.2, 0.25) is 0 Å². The van der Waals surface area contributed by atoms with Crippen molar-refractivity contribution in [1.82, 2.24) is 3.94 Å². The molecule has 36 valence electrons. The van der Waals surface area contributed by atoms with E-state index in [1.807, 2.05) is 0 Å². The molecule has 0 unspecified atom stereocenters. The lowest BCUT2D eigenvalue weighted by molar-refractivity contribution is 0.245. The molecule has 0 saturated heterocycles. The third-order valence-corrected chi connectivity index (χ3v) is 0.461. The summed E-state index contributed by atoms with van der Waals surface area (Å²) in [6.07, 6.45) is 0. The number of primary amides is 1. The van der Waals surface area contributed by atoms with Crippen LogP contribution in [0.15, 0.2) is 0 Å². The Balaban J connectivity index is 3.35. The highest BCUT2D eigenvalue weighted by Gasteiger charge is 1.96. The van der Waals surface area contributed by atoms with Crippen LogP contribution in [-0.4, -0.2) is 9.97 Å². The zero-order chi connectivity index (χ0) is 5.86. The highest BCUT2D eigenvalue weighted by Crippen LogP contribution is 1.94. The lowest BCUT2D eigenvalue weighted by Crippen LogP contribution is -2.18. The van der Waals surface area contributed by atoms with Crippen molar-refractivity contribution < 1.29 is 6.21 Å². The SMILES string of the molecule is [2H]NC(=O)N(Cl)Cl. The van der Waals surface area contributed by atoms with Gasteiger partial charge in [-0.3, -0.25) is 0 Å². The maximum Gasteiger partial charge on any atom is 0.344 e. The normalized spacial score (nSPS) is 9.33. The minimum Gasteiger partial charge on any atom is -0.349 e. The highest BCUT2D eigenvalue weighted by molar-refractivity contribution is 6.41. The monoisotopic (exact) mass is 129 g/mol. The first-order valence-electron chi connectivity index (χ1n) is 1.52. The summed E-state index contributed by atoms with van der Waals surface area (Å²) in [6, 6.07) is -0.872. The van der Waals surface area contributed by atoms with Crippen LogP contribution < -0.4 is 5.73 Å². The average Bonchev–Trinajstić information content (AvgIpc) is 1.65. The van der Waals surface area contributed by atoms with Gasteiger partial charge in [0.1, 0.15) is 0 Å². The molecule has 0 saturated carbocycles. The Labute approximate surface area is 46.3 Å². The van der Waals surface area contributed by atoms with Crippen molar-refractivity contribution in [2.24, 2.45) is 5.73 Å². The maximum atomic E-state index is 9.88. The predicted molar refractivity (Wildman–Crippen MR) is 23.1 cm³/mol. The molecule has 0 aromatic carbocycles. The van der Waals surface area contributed by atoms with Crippen molar-refractivity contribution in [3.05, 3.63) is 0 Å². The second kappa shape index (κ2) is 2.10. The van der Waals surface area contributed by atoms with Crippen LogP contribution in [0.3, 0.4) is 0 Å². The molecular weight excluding hydrogens is 127 g/mol. The Morgan fingerprint density at radius 1 is 2.00 bits per heavy atom. The maximum absolute atomic E-state index is 9.88. The van der Waals surface area contributed by atoms with Crippen LogP contribution in [0.2, 0.25) is 1.41 Å². The van der Waals surface area contributed by atoms with Crippen LogP contribution >= 0.6 is 23.6 Å². The summed E-state index contributed by atoms with van der Waals surface area (Å²) in [7, 11) is 0. The van der Waals surface area contributed by atoms with Crippen molar-refractivity contribution in [2.45, 2.75) is 0 Å². The van der Waals surface area contributed by atoms with Gasteiger partial charge < -0.3 is 5.73 Å². The van der Waals surface area contributed by atoms with Gasteiger partial charge in [-0.05, 0) is 0 Å². The van der Waals surface area contributed by atoms with Gasteiger partial charge in [0, 0.05) is 23.6 Å². The van der Waals surface area contributed by atoms with E-state index in [1.165, 1.54) is 5.73 Å². The Morgan fingerprint density at radius 3 is 2.50 bits per heavy atom. The van der Waals surface area contributed by atoms with Crippen LogP contribution in [0.25, 0.3) is 0 Å². The zero-order valence-electron chi connectivity index (χ0n) is 3.61. The minimum absolute atomic E-state index is 0.229. The van der Waals surface area contributed by atoms with Crippen LogP contribution in [0.1, 0.15) is 0 Å². The predicted octanol–water partition coefficient (Wildman–Crippen LogP) is 0.675. The van der Waals surface area contributed by atoms with E-state index in [2.05, 4.69) is 0 Å². The van der Waals surface area contributed by atoms with E-state index in [0.717, 1.165) is 0 Å². The molecule has 5 heteroatoms. The number of nitrogens with zero attached hydrogens (tertiary/aromatic N) is 1. The third-order valence-electron chi connectivity index (χ3n) is 0.154. The van der Waals surface area contributed by atoms with E-state index in [4.69, 9.17) is 25.0 Å². The summed E-state index contributed by atoms with van der Waals surface area (Å²) in [6.45, 7) is 0. The number of halogens is 2. The van der Waals surface area contributed by atoms with Gasteiger partial charge in [-0.15, -0.1) is 3.94 Å². The number of carbonyl (C=O) groups is 1. The fourth-order valence-corrected chi connectivity index (χ4v) is 0. The molecule has 0 aromatic rings. The summed E-state index contributed by atoms with van der Waals surface area (Å²) in [5.41, 5.74) is 1.44. The van der Waals surface area contributed by atoms with Gasteiger partial charge >= 0.3 is 6.03 Å². The molecule has 0 fully saturated rings. The van der Waals surface area contributed by atoms with E-state index in [-0.39, 0.29) is 3.94 Å². The van der Waals surface area contributed by atoms with Crippen LogP contribution in [0, 0.1) is 0 Å². The first-order valence-corrected chi connectivity index (χ1v) is 1.69. The smallest absolute Gasteiger partial charge is 0.344 e. The molecule has 0 rings (SSSR count). The number of urea groups is 1. The van der Waals surface area contributed by atoms with E-state index < -0.39 is 6.03 Å². The molecule has 0 spiro atoms. The first-order chi connectivity index (χ1) is 3.18. The molecule has 0 bridgehead atoms. The Bertz CT molecular complexity index is 76.1. The molecular formula is CH2Cl2N2O. The number of carbonyl (C=O) groups excluding carboxylic acids is 1. The van der Waals surface area contributed by atoms with Crippen LogP contribution in [0.4, 0.5) is 4.79 Å². The molecule has 0 aliphatic carbocycles. The third kappa shape index (κ3) is 2.11. The summed E-state index contributed by atoms with van der Waals surface area (Å²) in [4.78, 5) is 9.88. The molecule has 0 radical (unpaired) electrons. The second-order valence-corrected chi connectivity index (χ2v) is 1.39. The van der Waals surface area contributed by atoms with E-state index in [0.29, 0.717) is 0 Å². The van der Waals surface area contributed by atoms with Gasteiger partial charge in [0.05, 0.1) is 0 Å². The molecule has 0 aliphatic heterocycles. The lowest BCUT2D eigenvalue weighted by Gasteiger charge is -1.92. The molecule has 0 heterocycles. The molecule has 2 N–H and O–H groups in total. The Morgan fingerprint density at radius 2 is 2.50 bits per heavy atom. The van der Waals surface area contributed by atoms with E-state index in [1.54, 1.807) is 0 Å². The molecule has 3 nitrogen and oxygen atoms in total. The molecule has 0 atom stereocenters. The van der Waals surface area contributed by atoms with Gasteiger partial charge in [-0.25, -0.2) is 4.79 Å². The minimum atomic E-state index is -0.872. The Hall–Kier alpha value is -0.150. The number of hydrogen-bond donors (Lipinski definition) is 1. The van der Waals surface area contributed by atoms with Gasteiger partial charge in [-0.1, -0.05) is 0 Å². The van der Waals surface area contributed by atoms with Gasteiger partial charge in [0.15, 0.2) is 1.41 Å². The number of rotatable bonds is 0. The Kier molecular flexibility index (Phi) is 1.41. The van der Waals surface area contributed by atoms with Gasteiger partial charge in [0.25, 0.3) is 0 Å². The molecule has 2 amide bonds. The topological polar surface area (TPSA) is 46.3 Å². The summed E-state index contributed by atoms with van der Waals surface area (Å²) >= 11 is 9.59.